The van der Waals surface area contributed by atoms with Gasteiger partial charge < -0.3 is 25.6 Å². The van der Waals surface area contributed by atoms with E-state index in [1.807, 2.05) is 36.4 Å². The molecule has 3 amide bonds. The highest BCUT2D eigenvalue weighted by Gasteiger charge is 2.24. The van der Waals surface area contributed by atoms with Crippen LogP contribution in [0.5, 0.6) is 0 Å². The molecule has 0 saturated carbocycles. The van der Waals surface area contributed by atoms with Crippen molar-refractivity contribution >= 4 is 29.0 Å². The summed E-state index contributed by atoms with van der Waals surface area (Å²) in [6.45, 7) is 4.67. The number of rotatable bonds is 10. The van der Waals surface area contributed by atoms with Gasteiger partial charge in [-0.1, -0.05) is 55.5 Å². The fourth-order valence-corrected chi connectivity index (χ4v) is 4.99. The molecule has 0 aliphatic carbocycles. The minimum atomic E-state index is -0.342. The van der Waals surface area contributed by atoms with E-state index in [9.17, 15) is 9.59 Å². The first-order valence-electron chi connectivity index (χ1n) is 13.4. The van der Waals surface area contributed by atoms with Gasteiger partial charge in [0.1, 0.15) is 0 Å². The Labute approximate surface area is 225 Å². The molecule has 0 unspecified atom stereocenters. The lowest BCUT2D eigenvalue weighted by molar-refractivity contribution is 0.0937. The Balaban J connectivity index is 1.46. The fourth-order valence-electron chi connectivity index (χ4n) is 4.99. The monoisotopic (exact) mass is 514 g/mol. The van der Waals surface area contributed by atoms with Crippen LogP contribution in [0.1, 0.15) is 41.3 Å². The Morgan fingerprint density at radius 3 is 2.42 bits per heavy atom. The number of urea groups is 1. The van der Waals surface area contributed by atoms with Gasteiger partial charge in [0, 0.05) is 43.8 Å². The maximum absolute atomic E-state index is 13.2. The molecule has 1 fully saturated rings. The van der Waals surface area contributed by atoms with Gasteiger partial charge in [-0.15, -0.1) is 0 Å². The van der Waals surface area contributed by atoms with Crippen LogP contribution in [0, 0.1) is 5.92 Å². The smallest absolute Gasteiger partial charge is 0.323 e. The second kappa shape index (κ2) is 13.6. The van der Waals surface area contributed by atoms with Crippen molar-refractivity contribution in [3.63, 3.8) is 0 Å². The Hall–Kier alpha value is -3.84. The number of amides is 3. The number of para-hydroxylation sites is 1. The van der Waals surface area contributed by atoms with Crippen LogP contribution in [0.15, 0.2) is 72.8 Å². The number of hydrogen-bond acceptors (Lipinski definition) is 4. The first-order valence-corrected chi connectivity index (χ1v) is 13.4. The van der Waals surface area contributed by atoms with E-state index in [2.05, 4.69) is 58.1 Å². The average molecular weight is 515 g/mol. The number of nitrogens with zero attached hydrogens (tertiary/aromatic N) is 1. The zero-order chi connectivity index (χ0) is 26.7. The lowest BCUT2D eigenvalue weighted by Gasteiger charge is -2.35. The summed E-state index contributed by atoms with van der Waals surface area (Å²) in [4.78, 5) is 28.2. The normalized spacial score (nSPS) is 13.7. The fraction of sp³-hybridized carbons (Fsp3) is 0.355. The number of aryl methyl sites for hydroxylation is 1. The van der Waals surface area contributed by atoms with E-state index < -0.39 is 0 Å². The van der Waals surface area contributed by atoms with Crippen LogP contribution in [-0.2, 0) is 17.6 Å². The lowest BCUT2D eigenvalue weighted by Crippen LogP contribution is -2.36. The zero-order valence-corrected chi connectivity index (χ0v) is 22.3. The summed E-state index contributed by atoms with van der Waals surface area (Å²) in [5.74, 6) is 0.451. The van der Waals surface area contributed by atoms with Crippen molar-refractivity contribution in [3.8, 4) is 0 Å². The summed E-state index contributed by atoms with van der Waals surface area (Å²) in [5, 5.41) is 8.76. The minimum Gasteiger partial charge on any atom is -0.383 e. The molecular weight excluding hydrogens is 476 g/mol. The summed E-state index contributed by atoms with van der Waals surface area (Å²) in [7, 11) is 1.61. The largest absolute Gasteiger partial charge is 0.383 e. The van der Waals surface area contributed by atoms with E-state index >= 15 is 0 Å². The van der Waals surface area contributed by atoms with Crippen LogP contribution >= 0.6 is 0 Å². The van der Waals surface area contributed by atoms with Gasteiger partial charge in [0.05, 0.1) is 12.2 Å². The third-order valence-corrected chi connectivity index (χ3v) is 7.06. The Kier molecular flexibility index (Phi) is 9.76. The van der Waals surface area contributed by atoms with Crippen molar-refractivity contribution in [1.82, 2.24) is 5.32 Å². The van der Waals surface area contributed by atoms with E-state index in [1.54, 1.807) is 13.2 Å². The van der Waals surface area contributed by atoms with E-state index in [-0.39, 0.29) is 11.9 Å². The molecule has 38 heavy (non-hydrogen) atoms. The lowest BCUT2D eigenvalue weighted by atomic mass is 9.89. The molecule has 200 valence electrons. The molecule has 0 aromatic heterocycles. The first-order chi connectivity index (χ1) is 18.6. The minimum absolute atomic E-state index is 0.177. The Bertz CT molecular complexity index is 1210. The van der Waals surface area contributed by atoms with Gasteiger partial charge in [0.15, 0.2) is 0 Å². The van der Waals surface area contributed by atoms with Gasteiger partial charge in [-0.05, 0) is 67.0 Å². The molecule has 1 saturated heterocycles. The molecule has 4 rings (SSSR count). The van der Waals surface area contributed by atoms with Crippen LogP contribution in [0.3, 0.4) is 0 Å². The van der Waals surface area contributed by atoms with Crippen molar-refractivity contribution < 1.29 is 14.3 Å². The molecule has 0 bridgehead atoms. The number of benzene rings is 3. The maximum atomic E-state index is 13.2. The molecule has 0 atom stereocenters. The highest BCUT2D eigenvalue weighted by Crippen LogP contribution is 2.30. The van der Waals surface area contributed by atoms with E-state index in [0.29, 0.717) is 30.3 Å². The number of nitrogens with one attached hydrogen (secondary N) is 3. The zero-order valence-electron chi connectivity index (χ0n) is 22.3. The van der Waals surface area contributed by atoms with Gasteiger partial charge in [0.25, 0.3) is 5.91 Å². The second-order valence-electron chi connectivity index (χ2n) is 9.69. The third kappa shape index (κ3) is 7.35. The van der Waals surface area contributed by atoms with E-state index in [4.69, 9.17) is 4.74 Å². The summed E-state index contributed by atoms with van der Waals surface area (Å²) in [6, 6.07) is 23.6. The molecular formula is C31H38N4O3. The third-order valence-electron chi connectivity index (χ3n) is 7.06. The van der Waals surface area contributed by atoms with Crippen LogP contribution in [-0.4, -0.2) is 45.3 Å². The van der Waals surface area contributed by atoms with Crippen molar-refractivity contribution in [2.45, 2.75) is 32.6 Å². The van der Waals surface area contributed by atoms with Gasteiger partial charge >= 0.3 is 6.03 Å². The number of carbonyl (C=O) groups is 2. The summed E-state index contributed by atoms with van der Waals surface area (Å²) < 4.78 is 5.10. The molecule has 0 radical (unpaired) electrons. The predicted octanol–water partition coefficient (Wildman–Crippen LogP) is 5.73. The average Bonchev–Trinajstić information content (AvgIpc) is 2.94. The number of hydrogen-bond donors (Lipinski definition) is 3. The molecule has 1 aliphatic rings. The van der Waals surface area contributed by atoms with Crippen LogP contribution in [0.25, 0.3) is 0 Å². The molecule has 3 aromatic carbocycles. The molecule has 7 nitrogen and oxygen atoms in total. The van der Waals surface area contributed by atoms with Crippen molar-refractivity contribution in [3.05, 3.63) is 89.5 Å². The van der Waals surface area contributed by atoms with Gasteiger partial charge in [-0.3, -0.25) is 4.79 Å². The topological polar surface area (TPSA) is 82.7 Å². The summed E-state index contributed by atoms with van der Waals surface area (Å²) in [5.41, 5.74) is 5.22. The van der Waals surface area contributed by atoms with Crippen LogP contribution in [0.2, 0.25) is 0 Å². The van der Waals surface area contributed by atoms with Crippen molar-refractivity contribution in [2.75, 3.05) is 48.9 Å². The van der Waals surface area contributed by atoms with Crippen molar-refractivity contribution in [2.24, 2.45) is 5.92 Å². The van der Waals surface area contributed by atoms with Gasteiger partial charge in [-0.2, -0.15) is 0 Å². The SMILES string of the molecule is CCc1ccccc1NC(=O)Nc1ccc(N2CCC(Cc3ccccc3)CC2)c(C(=O)NCCOC)c1. The predicted molar refractivity (Wildman–Crippen MR) is 154 cm³/mol. The number of carbonyl (C=O) groups excluding carboxylic acids is 2. The van der Waals surface area contributed by atoms with Crippen molar-refractivity contribution in [1.29, 1.82) is 0 Å². The standard InChI is InChI=1S/C31H38N4O3/c1-3-25-11-7-8-12-28(25)34-31(37)33-26-13-14-29(27(22-26)30(36)32-17-20-38-2)35-18-15-24(16-19-35)21-23-9-5-4-6-10-23/h4-14,22,24H,3,15-21H2,1-2H3,(H,32,36)(H2,33,34,37). The maximum Gasteiger partial charge on any atom is 0.323 e. The van der Waals surface area contributed by atoms with Crippen LogP contribution < -0.4 is 20.9 Å². The number of ether oxygens (including phenoxy) is 1. The first kappa shape index (κ1) is 27.2. The molecule has 7 heteroatoms. The quantitative estimate of drug-likeness (QED) is 0.302. The summed E-state index contributed by atoms with van der Waals surface area (Å²) in [6.07, 6.45) is 4.04. The molecule has 1 heterocycles. The highest BCUT2D eigenvalue weighted by atomic mass is 16.5. The number of piperidine rings is 1. The molecule has 1 aliphatic heterocycles. The molecule has 3 N–H and O–H groups in total. The van der Waals surface area contributed by atoms with E-state index in [1.165, 1.54) is 5.56 Å². The van der Waals surface area contributed by atoms with Gasteiger partial charge in [0.2, 0.25) is 0 Å². The Morgan fingerprint density at radius 1 is 0.947 bits per heavy atom. The molecule has 0 spiro atoms. The highest BCUT2D eigenvalue weighted by molar-refractivity contribution is 6.04. The van der Waals surface area contributed by atoms with Gasteiger partial charge in [-0.25, -0.2) is 4.79 Å². The number of anilines is 3. The second-order valence-corrected chi connectivity index (χ2v) is 9.69. The summed E-state index contributed by atoms with van der Waals surface area (Å²) >= 11 is 0. The van der Waals surface area contributed by atoms with Crippen LogP contribution in [0.4, 0.5) is 21.9 Å². The van der Waals surface area contributed by atoms with E-state index in [0.717, 1.165) is 55.7 Å². The Morgan fingerprint density at radius 2 is 1.68 bits per heavy atom. The molecule has 3 aromatic rings. The number of methoxy groups -OCH3 is 1.